The van der Waals surface area contributed by atoms with Gasteiger partial charge >= 0.3 is 21.7 Å². The molecule has 1 unspecified atom stereocenters. The fourth-order valence-corrected chi connectivity index (χ4v) is 4.43. The van der Waals surface area contributed by atoms with Crippen LogP contribution in [0.3, 0.4) is 0 Å². The van der Waals surface area contributed by atoms with Gasteiger partial charge in [0.2, 0.25) is 9.04 Å². The van der Waals surface area contributed by atoms with Crippen LogP contribution in [0.2, 0.25) is 12.6 Å². The Morgan fingerprint density at radius 1 is 0.967 bits per heavy atom. The predicted octanol–water partition coefficient (Wildman–Crippen LogP) is 2.57. The molecular formula is C24H48Cl2NOSiTi. The summed E-state index contributed by atoms with van der Waals surface area (Å²) in [7, 11) is -0.528. The summed E-state index contributed by atoms with van der Waals surface area (Å²) in [4.78, 5) is 0. The van der Waals surface area contributed by atoms with Gasteiger partial charge in [0.25, 0.3) is 0 Å². The molecule has 0 spiro atoms. The van der Waals surface area contributed by atoms with Crippen molar-refractivity contribution in [1.29, 1.82) is 0 Å². The van der Waals surface area contributed by atoms with Crippen LogP contribution < -0.4 is 24.8 Å². The first kappa shape index (κ1) is 41.2. The molecule has 0 heterocycles. The van der Waals surface area contributed by atoms with Crippen molar-refractivity contribution in [2.75, 3.05) is 0 Å². The van der Waals surface area contributed by atoms with Crippen molar-refractivity contribution in [3.8, 4) is 0 Å². The van der Waals surface area contributed by atoms with Crippen molar-refractivity contribution in [2.45, 2.75) is 126 Å². The Morgan fingerprint density at radius 3 is 1.63 bits per heavy atom. The number of halogens is 2. The normalized spacial score (nSPS) is 15.5. The van der Waals surface area contributed by atoms with Gasteiger partial charge in [-0.2, -0.15) is 11.1 Å². The molecule has 1 aliphatic rings. The van der Waals surface area contributed by atoms with Crippen LogP contribution in [0.1, 0.15) is 102 Å². The monoisotopic (exact) mass is 512 g/mol. The minimum atomic E-state index is -0.528. The standard InChI is InChI=1S/C11H25OSi.C9H13.C4H10N.2ClH.Ti/c1-6-7-8-9-10-13(5)12-11(2,3)4;1-6-5-7(2)9(4)8(6)3;1-4(2,3)5;;;/h6-10H2,1-5H3;6H,1-4H3;5H,1-3H3;2*1H;/q;2*-1;;;+4/p-2. The van der Waals surface area contributed by atoms with E-state index in [1.807, 2.05) is 20.8 Å². The summed E-state index contributed by atoms with van der Waals surface area (Å²) in [6.45, 7) is 25.2. The molecule has 2 nitrogen and oxygen atoms in total. The maximum atomic E-state index is 6.94. The van der Waals surface area contributed by atoms with Gasteiger partial charge in [-0.25, -0.2) is 5.57 Å². The van der Waals surface area contributed by atoms with E-state index in [1.165, 1.54) is 48.4 Å². The van der Waals surface area contributed by atoms with E-state index < -0.39 is 9.04 Å². The second-order valence-corrected chi connectivity index (χ2v) is 11.9. The minimum Gasteiger partial charge on any atom is -1.00 e. The minimum absolute atomic E-state index is 0. The maximum absolute atomic E-state index is 6.94. The predicted molar refractivity (Wildman–Crippen MR) is 125 cm³/mol. The van der Waals surface area contributed by atoms with Gasteiger partial charge in [-0.15, -0.1) is 12.5 Å². The van der Waals surface area contributed by atoms with Crippen molar-refractivity contribution < 1.29 is 51.0 Å². The molecule has 0 bridgehead atoms. The molecule has 1 aliphatic carbocycles. The third-order valence-corrected chi connectivity index (χ3v) is 6.12. The molecule has 177 valence electrons. The zero-order chi connectivity index (χ0) is 21.8. The molecule has 0 aromatic heterocycles. The van der Waals surface area contributed by atoms with Gasteiger partial charge in [-0.1, -0.05) is 80.1 Å². The molecule has 30 heavy (non-hydrogen) atoms. The first-order valence-electron chi connectivity index (χ1n) is 10.6. The van der Waals surface area contributed by atoms with Crippen LogP contribution in [0.25, 0.3) is 5.73 Å². The van der Waals surface area contributed by atoms with Gasteiger partial charge in [0.1, 0.15) is 0 Å². The third-order valence-electron chi connectivity index (χ3n) is 4.10. The van der Waals surface area contributed by atoms with Crippen LogP contribution in [-0.4, -0.2) is 20.2 Å². The Labute approximate surface area is 219 Å². The molecule has 0 saturated heterocycles. The Morgan fingerprint density at radius 2 is 1.40 bits per heavy atom. The van der Waals surface area contributed by atoms with Crippen molar-refractivity contribution >= 4 is 9.04 Å². The van der Waals surface area contributed by atoms with Crippen LogP contribution in [0.15, 0.2) is 16.7 Å². The van der Waals surface area contributed by atoms with Crippen LogP contribution >= 0.6 is 0 Å². The number of rotatable bonds is 6. The first-order chi connectivity index (χ1) is 12.1. The van der Waals surface area contributed by atoms with E-state index in [1.54, 1.807) is 0 Å². The molecule has 1 rings (SSSR count). The number of hydrogen-bond acceptors (Lipinski definition) is 1. The van der Waals surface area contributed by atoms with Crippen molar-refractivity contribution in [1.82, 2.24) is 0 Å². The molecule has 0 aromatic carbocycles. The maximum Gasteiger partial charge on any atom is 4.00 e. The Balaban J connectivity index is -0.000000108. The van der Waals surface area contributed by atoms with Crippen LogP contribution in [0.5, 0.6) is 0 Å². The van der Waals surface area contributed by atoms with E-state index in [0.717, 1.165) is 0 Å². The zero-order valence-corrected chi connectivity index (χ0v) is 25.9. The van der Waals surface area contributed by atoms with Crippen LogP contribution in [-0.2, 0) is 26.1 Å². The van der Waals surface area contributed by atoms with Gasteiger partial charge in [-0.05, 0) is 33.4 Å². The molecule has 0 amide bonds. The first-order valence-corrected chi connectivity index (χ1v) is 12.7. The molecule has 0 saturated carbocycles. The summed E-state index contributed by atoms with van der Waals surface area (Å²) in [6.07, 6.45) is 8.80. The SMILES string of the molecule is CC(C)(C)[NH-].CC1=[C-]C(C)C(C)=C1C.CCCCCC[Si](C)OC(C)(C)C.[Cl-].[Cl-].[Ti+4]. The summed E-state index contributed by atoms with van der Waals surface area (Å²) < 4.78 is 5.92. The Kier molecular flexibility index (Phi) is 28.2. The van der Waals surface area contributed by atoms with E-state index in [2.05, 4.69) is 68.0 Å². The van der Waals surface area contributed by atoms with E-state index >= 15 is 0 Å². The Bertz CT molecular complexity index is 463. The summed E-state index contributed by atoms with van der Waals surface area (Å²) in [5.74, 6) is 0.560. The number of unbranched alkanes of at least 4 members (excludes halogenated alkanes) is 3. The molecule has 1 atom stereocenters. The number of allylic oxidation sites excluding steroid dienone is 4. The van der Waals surface area contributed by atoms with Gasteiger partial charge in [0, 0.05) is 5.60 Å². The quantitative estimate of drug-likeness (QED) is 0.306. The number of hydrogen-bond donors (Lipinski definition) is 0. The fourth-order valence-electron chi connectivity index (χ4n) is 2.54. The van der Waals surface area contributed by atoms with E-state index in [9.17, 15) is 0 Å². The van der Waals surface area contributed by atoms with Gasteiger partial charge in [0.05, 0.1) is 0 Å². The average molecular weight is 514 g/mol. The summed E-state index contributed by atoms with van der Waals surface area (Å²) in [6, 6.07) is 1.31. The van der Waals surface area contributed by atoms with E-state index in [4.69, 9.17) is 10.2 Å². The smallest absolute Gasteiger partial charge is 1.00 e. The van der Waals surface area contributed by atoms with Gasteiger partial charge in [0.15, 0.2) is 0 Å². The third kappa shape index (κ3) is 28.9. The molecular weight excluding hydrogens is 465 g/mol. The molecule has 6 heteroatoms. The molecule has 0 fully saturated rings. The topological polar surface area (TPSA) is 33.0 Å². The number of nitrogens with one attached hydrogen (secondary N) is 1. The van der Waals surface area contributed by atoms with Crippen LogP contribution in [0, 0.1) is 12.0 Å². The van der Waals surface area contributed by atoms with Crippen molar-refractivity contribution in [3.63, 3.8) is 0 Å². The second-order valence-electron chi connectivity index (χ2n) is 9.78. The molecule has 1 radical (unpaired) electrons. The summed E-state index contributed by atoms with van der Waals surface area (Å²) in [5.41, 5.74) is 11.0. The van der Waals surface area contributed by atoms with E-state index in [-0.39, 0.29) is 57.7 Å². The fraction of sp³-hybridized carbons (Fsp3) is 0.833. The van der Waals surface area contributed by atoms with Gasteiger partial charge in [-0.3, -0.25) is 6.08 Å². The van der Waals surface area contributed by atoms with E-state index in [0.29, 0.717) is 5.92 Å². The Hall–Kier alpha value is 0.911. The second kappa shape index (κ2) is 20.5. The largest absolute Gasteiger partial charge is 4.00 e. The summed E-state index contributed by atoms with van der Waals surface area (Å²) in [5, 5.41) is 0. The van der Waals surface area contributed by atoms with Crippen molar-refractivity contribution in [2.24, 2.45) is 5.92 Å². The van der Waals surface area contributed by atoms with Crippen molar-refractivity contribution in [3.05, 3.63) is 28.5 Å². The molecule has 1 N–H and O–H groups in total. The summed E-state index contributed by atoms with van der Waals surface area (Å²) >= 11 is 0. The van der Waals surface area contributed by atoms with Crippen LogP contribution in [0.4, 0.5) is 0 Å². The zero-order valence-electron chi connectivity index (χ0n) is 21.8. The average Bonchev–Trinajstić information content (AvgIpc) is 2.67. The molecule has 0 aliphatic heterocycles. The molecule has 0 aromatic rings. The van der Waals surface area contributed by atoms with Gasteiger partial charge < -0.3 is 35.0 Å².